The highest BCUT2D eigenvalue weighted by Gasteiger charge is 2.38. The first-order chi connectivity index (χ1) is 16.4. The molecule has 9 nitrogen and oxygen atoms in total. The van der Waals surface area contributed by atoms with Crippen molar-refractivity contribution in [2.24, 2.45) is 17.8 Å². The van der Waals surface area contributed by atoms with Crippen molar-refractivity contribution in [2.75, 3.05) is 13.2 Å². The summed E-state index contributed by atoms with van der Waals surface area (Å²) < 4.78 is 19.6. The Morgan fingerprint density at radius 2 is 2.06 bits per heavy atom. The van der Waals surface area contributed by atoms with Crippen LogP contribution in [-0.2, 0) is 20.7 Å². The van der Waals surface area contributed by atoms with Gasteiger partial charge in [-0.05, 0) is 69.0 Å². The minimum atomic E-state index is -1.43. The maximum Gasteiger partial charge on any atom is 0.338 e. The van der Waals surface area contributed by atoms with Crippen LogP contribution in [-0.4, -0.2) is 57.8 Å². The van der Waals surface area contributed by atoms with Crippen LogP contribution in [0.3, 0.4) is 0 Å². The standard InChI is InChI=1S/C24H33N5O4/c1-16(33-23(30)18-5-3-2-4-6-18)11-12-32-24(31)21-14-20-13-17(7-9-19(20)15-25-21)8-10-22-26-28-29-27-22/h2-6,16-17,19-21,25H,7-15H2,1H3,(H,26,27,28,29)/t16-,17-,19+,20-,21+/m1/s1/i21D. The zero-order valence-electron chi connectivity index (χ0n) is 20.0. The van der Waals surface area contributed by atoms with Crippen molar-refractivity contribution >= 4 is 11.9 Å². The topological polar surface area (TPSA) is 119 Å². The third-order valence-electron chi connectivity index (χ3n) is 6.78. The van der Waals surface area contributed by atoms with Crippen LogP contribution >= 0.6 is 0 Å². The number of aromatic amines is 1. The molecule has 1 saturated heterocycles. The minimum absolute atomic E-state index is 0.103. The number of nitrogens with one attached hydrogen (secondary N) is 2. The first-order valence-electron chi connectivity index (χ1n) is 12.3. The summed E-state index contributed by atoms with van der Waals surface area (Å²) in [5, 5.41) is 17.3. The molecular weight excluding hydrogens is 422 g/mol. The maximum atomic E-state index is 12.8. The predicted octanol–water partition coefficient (Wildman–Crippen LogP) is 2.71. The van der Waals surface area contributed by atoms with Gasteiger partial charge in [0.05, 0.1) is 13.5 Å². The van der Waals surface area contributed by atoms with Crippen LogP contribution in [0.25, 0.3) is 0 Å². The maximum absolute atomic E-state index is 12.8. The smallest absolute Gasteiger partial charge is 0.338 e. The number of aromatic nitrogens is 4. The molecule has 0 amide bonds. The van der Waals surface area contributed by atoms with Crippen molar-refractivity contribution in [1.29, 1.82) is 0 Å². The van der Waals surface area contributed by atoms with Crippen LogP contribution in [0.1, 0.15) is 63.0 Å². The molecule has 2 aromatic rings. The van der Waals surface area contributed by atoms with Crippen molar-refractivity contribution in [3.8, 4) is 0 Å². The molecule has 2 fully saturated rings. The van der Waals surface area contributed by atoms with Gasteiger partial charge in [-0.2, -0.15) is 5.21 Å². The lowest BCUT2D eigenvalue weighted by atomic mass is 9.69. The Balaban J connectivity index is 1.21. The van der Waals surface area contributed by atoms with Gasteiger partial charge in [-0.1, -0.05) is 29.8 Å². The number of fused-ring (bicyclic) bond motifs is 1. The summed E-state index contributed by atoms with van der Waals surface area (Å²) in [6, 6.07) is 7.36. The predicted molar refractivity (Wildman–Crippen MR) is 120 cm³/mol. The number of aryl methyl sites for hydroxylation is 1. The second kappa shape index (κ2) is 11.4. The highest BCUT2D eigenvalue weighted by molar-refractivity contribution is 5.89. The largest absolute Gasteiger partial charge is 0.464 e. The minimum Gasteiger partial charge on any atom is -0.464 e. The number of carbonyl (C=O) groups is 2. The van der Waals surface area contributed by atoms with Crippen LogP contribution in [0.15, 0.2) is 30.3 Å². The molecule has 1 aliphatic heterocycles. The van der Waals surface area contributed by atoms with E-state index in [-0.39, 0.29) is 6.61 Å². The lowest BCUT2D eigenvalue weighted by molar-refractivity contribution is -0.148. The molecule has 2 N–H and O–H groups in total. The van der Waals surface area contributed by atoms with E-state index in [0.717, 1.165) is 37.9 Å². The summed E-state index contributed by atoms with van der Waals surface area (Å²) in [5.74, 6) is 1.13. The van der Waals surface area contributed by atoms with Crippen molar-refractivity contribution in [2.45, 2.75) is 64.0 Å². The Morgan fingerprint density at radius 3 is 2.85 bits per heavy atom. The number of hydrogen-bond acceptors (Lipinski definition) is 8. The number of hydrogen-bond donors (Lipinski definition) is 2. The molecule has 0 spiro atoms. The molecule has 5 atom stereocenters. The van der Waals surface area contributed by atoms with E-state index >= 15 is 0 Å². The fourth-order valence-electron chi connectivity index (χ4n) is 4.86. The highest BCUT2D eigenvalue weighted by Crippen LogP contribution is 2.40. The van der Waals surface area contributed by atoms with Gasteiger partial charge in [0.2, 0.25) is 0 Å². The molecule has 1 aliphatic carbocycles. The van der Waals surface area contributed by atoms with Crippen LogP contribution in [0.2, 0.25) is 0 Å². The number of rotatable bonds is 9. The molecule has 0 radical (unpaired) electrons. The number of benzene rings is 1. The van der Waals surface area contributed by atoms with E-state index in [2.05, 4.69) is 25.9 Å². The average Bonchev–Trinajstić information content (AvgIpc) is 3.36. The van der Waals surface area contributed by atoms with E-state index in [9.17, 15) is 9.59 Å². The number of tetrazole rings is 1. The molecule has 0 bridgehead atoms. The first-order valence-corrected chi connectivity index (χ1v) is 11.8. The van der Waals surface area contributed by atoms with E-state index in [1.165, 1.54) is 0 Å². The third-order valence-corrected chi connectivity index (χ3v) is 6.78. The van der Waals surface area contributed by atoms with Crippen LogP contribution in [0.5, 0.6) is 0 Å². The van der Waals surface area contributed by atoms with Crippen LogP contribution < -0.4 is 5.32 Å². The summed E-state index contributed by atoms with van der Waals surface area (Å²) in [4.78, 5) is 24.9. The quantitative estimate of drug-likeness (QED) is 0.553. The Labute approximate surface area is 195 Å². The molecule has 0 unspecified atom stereocenters. The third kappa shape index (κ3) is 6.60. The Kier molecular flexibility index (Phi) is 7.57. The SMILES string of the molecule is [2H][C@@]1(C(=O)OCC[C@@H](C)OC(=O)c2ccccc2)C[C@H]2C[C@@H](CCc3nn[nH]n3)CC[C@H]2CN1. The van der Waals surface area contributed by atoms with Crippen molar-refractivity contribution in [1.82, 2.24) is 25.9 Å². The second-order valence-electron chi connectivity index (χ2n) is 9.14. The lowest BCUT2D eigenvalue weighted by Gasteiger charge is -2.42. The van der Waals surface area contributed by atoms with Crippen LogP contribution in [0.4, 0.5) is 0 Å². The Morgan fingerprint density at radius 1 is 1.21 bits per heavy atom. The van der Waals surface area contributed by atoms with Gasteiger partial charge in [0, 0.05) is 12.8 Å². The van der Waals surface area contributed by atoms with Gasteiger partial charge in [0.15, 0.2) is 5.82 Å². The molecule has 4 rings (SSSR count). The van der Waals surface area contributed by atoms with Crippen molar-refractivity contribution in [3.05, 3.63) is 41.7 Å². The zero-order chi connectivity index (χ0) is 24.0. The zero-order valence-corrected chi connectivity index (χ0v) is 19.0. The molecule has 33 heavy (non-hydrogen) atoms. The number of ether oxygens (including phenoxy) is 2. The first kappa shape index (κ1) is 22.0. The van der Waals surface area contributed by atoms with Gasteiger partial charge >= 0.3 is 11.9 Å². The lowest BCUT2D eigenvalue weighted by Crippen LogP contribution is -2.50. The molecule has 2 heterocycles. The summed E-state index contributed by atoms with van der Waals surface area (Å²) in [5.41, 5.74) is 0.487. The van der Waals surface area contributed by atoms with E-state index < -0.39 is 24.1 Å². The fraction of sp³-hybridized carbons (Fsp3) is 0.625. The van der Waals surface area contributed by atoms with Gasteiger partial charge < -0.3 is 14.8 Å². The van der Waals surface area contributed by atoms with E-state index in [0.29, 0.717) is 42.7 Å². The molecular formula is C24H33N5O4. The number of carbonyl (C=O) groups excluding carboxylic acids is 2. The van der Waals surface area contributed by atoms with Crippen molar-refractivity contribution in [3.63, 3.8) is 0 Å². The Hall–Kier alpha value is -2.81. The number of esters is 2. The van der Waals surface area contributed by atoms with E-state index in [4.69, 9.17) is 10.8 Å². The summed E-state index contributed by atoms with van der Waals surface area (Å²) in [6.07, 6.45) is 5.47. The van der Waals surface area contributed by atoms with E-state index in [1.54, 1.807) is 31.2 Å². The highest BCUT2D eigenvalue weighted by atomic mass is 16.6. The Bertz CT molecular complexity index is 944. The van der Waals surface area contributed by atoms with Crippen molar-refractivity contribution < 1.29 is 20.4 Å². The van der Waals surface area contributed by atoms with Crippen LogP contribution in [0, 0.1) is 17.8 Å². The molecule has 1 saturated carbocycles. The number of H-pyrrole nitrogens is 1. The molecule has 1 aromatic carbocycles. The molecule has 1 aromatic heterocycles. The average molecular weight is 457 g/mol. The van der Waals surface area contributed by atoms with Gasteiger partial charge in [-0.15, -0.1) is 10.2 Å². The van der Waals surface area contributed by atoms with E-state index in [1.807, 2.05) is 6.07 Å². The number of nitrogens with zero attached hydrogens (tertiary/aromatic N) is 3. The molecule has 2 aliphatic rings. The summed E-state index contributed by atoms with van der Waals surface area (Å²) >= 11 is 0. The second-order valence-corrected chi connectivity index (χ2v) is 9.14. The molecule has 178 valence electrons. The van der Waals surface area contributed by atoms with Gasteiger partial charge in [-0.3, -0.25) is 4.79 Å². The normalized spacial score (nSPS) is 28.3. The number of piperidine rings is 1. The summed E-state index contributed by atoms with van der Waals surface area (Å²) in [7, 11) is 0. The van der Waals surface area contributed by atoms with Gasteiger partial charge in [-0.25, -0.2) is 4.79 Å². The summed E-state index contributed by atoms with van der Waals surface area (Å²) in [6.45, 7) is 2.53. The van der Waals surface area contributed by atoms with Gasteiger partial charge in [0.25, 0.3) is 0 Å². The molecule has 9 heteroatoms. The van der Waals surface area contributed by atoms with Gasteiger partial charge in [0.1, 0.15) is 12.1 Å². The fourth-order valence-corrected chi connectivity index (χ4v) is 4.86. The monoisotopic (exact) mass is 456 g/mol.